The monoisotopic (exact) mass is 296 g/mol. The Kier molecular flexibility index (Phi) is 4.98. The van der Waals surface area contributed by atoms with Gasteiger partial charge in [0.05, 0.1) is 5.56 Å². The largest absolute Gasteiger partial charge is 0.351 e. The summed E-state index contributed by atoms with van der Waals surface area (Å²) in [5.74, 6) is 0.0991. The van der Waals surface area contributed by atoms with E-state index in [-0.39, 0.29) is 11.7 Å². The molecular weight excluding hydrogens is 280 g/mol. The number of rotatable bonds is 6. The minimum Gasteiger partial charge on any atom is -0.351 e. The Bertz CT molecular complexity index is 678. The second-order valence-corrected chi connectivity index (χ2v) is 4.55. The molecule has 0 saturated carbocycles. The lowest BCUT2D eigenvalue weighted by atomic mass is 10.1. The smallest absolute Gasteiger partial charge is 0.258 e. The van der Waals surface area contributed by atoms with Gasteiger partial charge in [-0.1, -0.05) is 6.08 Å². The van der Waals surface area contributed by atoms with Gasteiger partial charge in [0.2, 0.25) is 5.95 Å². The Morgan fingerprint density at radius 2 is 1.77 bits per heavy atom. The number of Topliss-reactive ketones (excluding diaryl/α,β-unsaturated/α-hetero) is 1. The highest BCUT2D eigenvalue weighted by Gasteiger charge is 2.08. The molecule has 0 unspecified atom stereocenters. The predicted molar refractivity (Wildman–Crippen MR) is 85.1 cm³/mol. The van der Waals surface area contributed by atoms with Crippen molar-refractivity contribution >= 4 is 23.3 Å². The maximum Gasteiger partial charge on any atom is 0.258 e. The Balaban J connectivity index is 2.02. The quantitative estimate of drug-likeness (QED) is 0.632. The number of hydrogen-bond donors (Lipinski definition) is 2. The van der Waals surface area contributed by atoms with E-state index in [2.05, 4.69) is 27.2 Å². The van der Waals surface area contributed by atoms with Gasteiger partial charge in [-0.05, 0) is 31.2 Å². The van der Waals surface area contributed by atoms with E-state index in [1.165, 1.54) is 19.3 Å². The number of hydrogen-bond acceptors (Lipinski definition) is 5. The van der Waals surface area contributed by atoms with E-state index < -0.39 is 0 Å². The molecule has 1 heterocycles. The molecule has 0 aliphatic carbocycles. The molecule has 2 aromatic rings. The molecule has 112 valence electrons. The zero-order chi connectivity index (χ0) is 15.9. The molecule has 22 heavy (non-hydrogen) atoms. The number of amides is 1. The lowest BCUT2D eigenvalue weighted by molar-refractivity contribution is 0.101. The van der Waals surface area contributed by atoms with Crippen LogP contribution in [0.2, 0.25) is 0 Å². The van der Waals surface area contributed by atoms with Crippen LogP contribution in [-0.4, -0.2) is 28.2 Å². The first-order chi connectivity index (χ1) is 10.6. The van der Waals surface area contributed by atoms with Crippen LogP contribution in [0.25, 0.3) is 0 Å². The number of nitrogens with zero attached hydrogens (tertiary/aromatic N) is 2. The van der Waals surface area contributed by atoms with Gasteiger partial charge in [0.1, 0.15) is 0 Å². The number of nitrogens with one attached hydrogen (secondary N) is 2. The van der Waals surface area contributed by atoms with Crippen LogP contribution in [0.3, 0.4) is 0 Å². The molecule has 6 heteroatoms. The molecule has 0 spiro atoms. The Morgan fingerprint density at radius 3 is 2.32 bits per heavy atom. The van der Waals surface area contributed by atoms with Gasteiger partial charge in [0.15, 0.2) is 5.78 Å². The molecule has 1 amide bonds. The van der Waals surface area contributed by atoms with E-state index in [0.717, 1.165) is 0 Å². The molecule has 0 radical (unpaired) electrons. The molecule has 0 atom stereocenters. The molecule has 0 aliphatic heterocycles. The zero-order valence-corrected chi connectivity index (χ0v) is 12.2. The number of carbonyl (C=O) groups is 2. The van der Waals surface area contributed by atoms with Gasteiger partial charge in [-0.15, -0.1) is 6.58 Å². The van der Waals surface area contributed by atoms with E-state index in [4.69, 9.17) is 0 Å². The van der Waals surface area contributed by atoms with Gasteiger partial charge in [-0.3, -0.25) is 9.59 Å². The van der Waals surface area contributed by atoms with Crippen LogP contribution in [0.15, 0.2) is 49.3 Å². The number of anilines is 2. The lowest BCUT2D eigenvalue weighted by Gasteiger charge is -2.06. The van der Waals surface area contributed by atoms with Crippen molar-refractivity contribution in [2.24, 2.45) is 0 Å². The van der Waals surface area contributed by atoms with Crippen molar-refractivity contribution in [1.82, 2.24) is 9.97 Å². The van der Waals surface area contributed by atoms with Gasteiger partial charge < -0.3 is 10.6 Å². The molecule has 1 aromatic heterocycles. The molecular formula is C16H16N4O2. The van der Waals surface area contributed by atoms with Crippen molar-refractivity contribution in [3.05, 3.63) is 60.4 Å². The van der Waals surface area contributed by atoms with Crippen molar-refractivity contribution in [1.29, 1.82) is 0 Å². The van der Waals surface area contributed by atoms with E-state index in [1.54, 1.807) is 30.3 Å². The number of carbonyl (C=O) groups excluding carboxylic acids is 2. The van der Waals surface area contributed by atoms with Crippen molar-refractivity contribution in [2.45, 2.75) is 6.92 Å². The average Bonchev–Trinajstić information content (AvgIpc) is 2.54. The Labute approximate surface area is 128 Å². The summed E-state index contributed by atoms with van der Waals surface area (Å²) in [7, 11) is 0. The number of aromatic nitrogens is 2. The summed E-state index contributed by atoms with van der Waals surface area (Å²) in [4.78, 5) is 31.3. The molecule has 0 aliphatic rings. The summed E-state index contributed by atoms with van der Waals surface area (Å²) in [5.41, 5.74) is 1.54. The average molecular weight is 296 g/mol. The normalized spacial score (nSPS) is 9.86. The lowest BCUT2D eigenvalue weighted by Crippen LogP contribution is -2.13. The predicted octanol–water partition coefficient (Wildman–Crippen LogP) is 2.53. The highest BCUT2D eigenvalue weighted by atomic mass is 16.1. The van der Waals surface area contributed by atoms with Crippen LogP contribution in [0.4, 0.5) is 11.6 Å². The molecule has 6 nitrogen and oxygen atoms in total. The molecule has 0 saturated heterocycles. The van der Waals surface area contributed by atoms with Crippen molar-refractivity contribution in [2.75, 3.05) is 17.2 Å². The molecule has 0 bridgehead atoms. The summed E-state index contributed by atoms with van der Waals surface area (Å²) < 4.78 is 0. The summed E-state index contributed by atoms with van der Waals surface area (Å²) in [6.45, 7) is 5.62. The van der Waals surface area contributed by atoms with E-state index >= 15 is 0 Å². The third-order valence-corrected chi connectivity index (χ3v) is 2.87. The zero-order valence-electron chi connectivity index (χ0n) is 12.2. The SMILES string of the molecule is C=CCNc1ncc(C(=O)Nc2ccc(C(C)=O)cc2)cn1. The second-order valence-electron chi connectivity index (χ2n) is 4.55. The summed E-state index contributed by atoms with van der Waals surface area (Å²) in [6.07, 6.45) is 4.57. The highest BCUT2D eigenvalue weighted by Crippen LogP contribution is 2.11. The van der Waals surface area contributed by atoms with Crippen LogP contribution in [0.1, 0.15) is 27.6 Å². The van der Waals surface area contributed by atoms with E-state index in [0.29, 0.717) is 29.3 Å². The molecule has 2 rings (SSSR count). The highest BCUT2D eigenvalue weighted by molar-refractivity contribution is 6.04. The van der Waals surface area contributed by atoms with Gasteiger partial charge in [-0.25, -0.2) is 9.97 Å². The molecule has 0 fully saturated rings. The topological polar surface area (TPSA) is 84.0 Å². The Hall–Kier alpha value is -3.02. The fraction of sp³-hybridized carbons (Fsp3) is 0.125. The maximum absolute atomic E-state index is 12.1. The van der Waals surface area contributed by atoms with Crippen molar-refractivity contribution < 1.29 is 9.59 Å². The number of ketones is 1. The third kappa shape index (κ3) is 3.99. The Morgan fingerprint density at radius 1 is 1.14 bits per heavy atom. The maximum atomic E-state index is 12.1. The van der Waals surface area contributed by atoms with Crippen LogP contribution >= 0.6 is 0 Å². The van der Waals surface area contributed by atoms with Crippen LogP contribution in [0.5, 0.6) is 0 Å². The van der Waals surface area contributed by atoms with E-state index in [1.807, 2.05) is 0 Å². The minimum atomic E-state index is -0.314. The molecule has 2 N–H and O–H groups in total. The van der Waals surface area contributed by atoms with E-state index in [9.17, 15) is 9.59 Å². The summed E-state index contributed by atoms with van der Waals surface area (Å²) in [6, 6.07) is 6.68. The minimum absolute atomic E-state index is 0.0195. The molecule has 1 aromatic carbocycles. The van der Waals surface area contributed by atoms with Crippen LogP contribution < -0.4 is 10.6 Å². The first-order valence-electron chi connectivity index (χ1n) is 6.69. The van der Waals surface area contributed by atoms with Crippen molar-refractivity contribution in [3.63, 3.8) is 0 Å². The second kappa shape index (κ2) is 7.12. The number of benzene rings is 1. The summed E-state index contributed by atoms with van der Waals surface area (Å²) in [5, 5.41) is 5.64. The first kappa shape index (κ1) is 15.4. The fourth-order valence-corrected chi connectivity index (χ4v) is 1.69. The van der Waals surface area contributed by atoms with Gasteiger partial charge >= 0.3 is 0 Å². The van der Waals surface area contributed by atoms with Gasteiger partial charge in [0, 0.05) is 30.2 Å². The third-order valence-electron chi connectivity index (χ3n) is 2.87. The van der Waals surface area contributed by atoms with Gasteiger partial charge in [0.25, 0.3) is 5.91 Å². The van der Waals surface area contributed by atoms with Crippen LogP contribution in [0, 0.1) is 0 Å². The first-order valence-corrected chi connectivity index (χ1v) is 6.69. The fourth-order valence-electron chi connectivity index (χ4n) is 1.69. The van der Waals surface area contributed by atoms with Crippen LogP contribution in [-0.2, 0) is 0 Å². The van der Waals surface area contributed by atoms with Gasteiger partial charge in [-0.2, -0.15) is 0 Å². The van der Waals surface area contributed by atoms with Crippen molar-refractivity contribution in [3.8, 4) is 0 Å². The standard InChI is InChI=1S/C16H16N4O2/c1-3-8-17-16-18-9-13(10-19-16)15(22)20-14-6-4-12(5-7-14)11(2)21/h3-7,9-10H,1,8H2,2H3,(H,20,22)(H,17,18,19). The summed E-state index contributed by atoms with van der Waals surface area (Å²) >= 11 is 0.